The third-order valence-corrected chi connectivity index (χ3v) is 5.87. The standard InChI is InChI=1S/C29H34N2O4/c1-21(2)29(33)31(20-24-12-16-26(35-4)17-13-24)27(18-22-8-6-5-7-9-22)28(32)30-19-23-10-14-25(34-3)15-11-23/h5-17,21,27H,18-20H2,1-4H3,(H,30,32)/t27-/m0/s1. The first-order valence-corrected chi connectivity index (χ1v) is 11.8. The number of nitrogens with one attached hydrogen (secondary N) is 1. The fourth-order valence-electron chi connectivity index (χ4n) is 3.83. The normalized spacial score (nSPS) is 11.6. The van der Waals surface area contributed by atoms with Crippen LogP contribution in [0.25, 0.3) is 0 Å². The van der Waals surface area contributed by atoms with E-state index in [1.165, 1.54) is 0 Å². The Morgan fingerprint density at radius 1 is 0.771 bits per heavy atom. The number of carbonyl (C=O) groups is 2. The SMILES string of the molecule is COc1ccc(CNC(=O)[C@H](Cc2ccccc2)N(Cc2ccc(OC)cc2)C(=O)C(C)C)cc1. The summed E-state index contributed by atoms with van der Waals surface area (Å²) in [4.78, 5) is 28.6. The highest BCUT2D eigenvalue weighted by Gasteiger charge is 2.31. The van der Waals surface area contributed by atoms with Gasteiger partial charge in [-0.1, -0.05) is 68.4 Å². The van der Waals surface area contributed by atoms with Crippen molar-refractivity contribution in [2.45, 2.75) is 39.4 Å². The van der Waals surface area contributed by atoms with Gasteiger partial charge in [0, 0.05) is 25.4 Å². The Morgan fingerprint density at radius 2 is 1.31 bits per heavy atom. The monoisotopic (exact) mass is 474 g/mol. The highest BCUT2D eigenvalue weighted by atomic mass is 16.5. The number of rotatable bonds is 11. The molecule has 1 atom stereocenters. The maximum atomic E-state index is 13.6. The number of benzene rings is 3. The van der Waals surface area contributed by atoms with Crippen LogP contribution in [0.3, 0.4) is 0 Å². The minimum atomic E-state index is -0.660. The lowest BCUT2D eigenvalue weighted by Crippen LogP contribution is -2.51. The van der Waals surface area contributed by atoms with E-state index in [2.05, 4.69) is 5.32 Å². The summed E-state index contributed by atoms with van der Waals surface area (Å²) in [6, 6.07) is 24.3. The molecule has 3 aromatic rings. The minimum absolute atomic E-state index is 0.0682. The molecule has 0 fully saturated rings. The molecule has 0 aromatic heterocycles. The van der Waals surface area contributed by atoms with Crippen molar-refractivity contribution in [3.05, 3.63) is 95.6 Å². The van der Waals surface area contributed by atoms with Crippen LogP contribution in [0.15, 0.2) is 78.9 Å². The van der Waals surface area contributed by atoms with Crippen molar-refractivity contribution < 1.29 is 19.1 Å². The number of carbonyl (C=O) groups excluding carboxylic acids is 2. The summed E-state index contributed by atoms with van der Waals surface area (Å²) < 4.78 is 10.5. The summed E-state index contributed by atoms with van der Waals surface area (Å²) in [6.07, 6.45) is 0.421. The molecule has 0 aliphatic rings. The number of methoxy groups -OCH3 is 2. The Labute approximate surface area is 207 Å². The summed E-state index contributed by atoms with van der Waals surface area (Å²) in [7, 11) is 3.24. The minimum Gasteiger partial charge on any atom is -0.497 e. The zero-order valence-corrected chi connectivity index (χ0v) is 20.9. The molecule has 35 heavy (non-hydrogen) atoms. The van der Waals surface area contributed by atoms with Crippen molar-refractivity contribution >= 4 is 11.8 Å². The van der Waals surface area contributed by atoms with Crippen LogP contribution in [0.1, 0.15) is 30.5 Å². The molecule has 0 saturated heterocycles. The molecule has 6 nitrogen and oxygen atoms in total. The molecular weight excluding hydrogens is 440 g/mol. The van der Waals surface area contributed by atoms with E-state index >= 15 is 0 Å². The van der Waals surface area contributed by atoms with Crippen molar-refractivity contribution in [1.29, 1.82) is 0 Å². The van der Waals surface area contributed by atoms with E-state index in [4.69, 9.17) is 9.47 Å². The highest BCUT2D eigenvalue weighted by Crippen LogP contribution is 2.19. The predicted molar refractivity (Wildman–Crippen MR) is 137 cm³/mol. The van der Waals surface area contributed by atoms with Gasteiger partial charge in [-0.3, -0.25) is 9.59 Å². The van der Waals surface area contributed by atoms with Gasteiger partial charge in [0.2, 0.25) is 11.8 Å². The zero-order valence-electron chi connectivity index (χ0n) is 20.9. The van der Waals surface area contributed by atoms with Gasteiger partial charge in [0.15, 0.2) is 0 Å². The molecule has 6 heteroatoms. The average Bonchev–Trinajstić information content (AvgIpc) is 2.90. The van der Waals surface area contributed by atoms with Crippen LogP contribution in [-0.2, 0) is 29.1 Å². The Bertz CT molecular complexity index is 1080. The zero-order chi connectivity index (χ0) is 25.2. The summed E-state index contributed by atoms with van der Waals surface area (Å²) in [5.41, 5.74) is 2.88. The van der Waals surface area contributed by atoms with Crippen molar-refractivity contribution in [2.75, 3.05) is 14.2 Å². The first-order valence-electron chi connectivity index (χ1n) is 11.8. The van der Waals surface area contributed by atoms with Gasteiger partial charge in [-0.15, -0.1) is 0 Å². The summed E-state index contributed by atoms with van der Waals surface area (Å²) >= 11 is 0. The number of nitrogens with zero attached hydrogens (tertiary/aromatic N) is 1. The van der Waals surface area contributed by atoms with Gasteiger partial charge < -0.3 is 19.7 Å². The van der Waals surface area contributed by atoms with Gasteiger partial charge in [0.25, 0.3) is 0 Å². The predicted octanol–water partition coefficient (Wildman–Crippen LogP) is 4.62. The van der Waals surface area contributed by atoms with Crippen molar-refractivity contribution in [3.8, 4) is 11.5 Å². The van der Waals surface area contributed by atoms with E-state index in [0.717, 1.165) is 28.2 Å². The van der Waals surface area contributed by atoms with Crippen molar-refractivity contribution in [2.24, 2.45) is 5.92 Å². The van der Waals surface area contributed by atoms with Crippen LogP contribution in [0.5, 0.6) is 11.5 Å². The molecule has 0 aliphatic carbocycles. The molecule has 3 aromatic carbocycles. The van der Waals surface area contributed by atoms with Crippen LogP contribution in [0.4, 0.5) is 0 Å². The second-order valence-corrected chi connectivity index (χ2v) is 8.74. The largest absolute Gasteiger partial charge is 0.497 e. The Balaban J connectivity index is 1.87. The van der Waals surface area contributed by atoms with Crippen LogP contribution in [0.2, 0.25) is 0 Å². The first-order chi connectivity index (χ1) is 16.9. The molecule has 0 bridgehead atoms. The summed E-state index contributed by atoms with van der Waals surface area (Å²) in [5.74, 6) is 0.998. The molecule has 0 spiro atoms. The molecule has 0 heterocycles. The molecule has 2 amide bonds. The first kappa shape index (κ1) is 25.8. The van der Waals surface area contributed by atoms with E-state index in [-0.39, 0.29) is 17.7 Å². The maximum Gasteiger partial charge on any atom is 0.243 e. The van der Waals surface area contributed by atoms with Gasteiger partial charge in [0.1, 0.15) is 17.5 Å². The smallest absolute Gasteiger partial charge is 0.243 e. The van der Waals surface area contributed by atoms with Crippen LogP contribution < -0.4 is 14.8 Å². The highest BCUT2D eigenvalue weighted by molar-refractivity contribution is 5.88. The van der Waals surface area contributed by atoms with E-state index in [9.17, 15) is 9.59 Å². The second-order valence-electron chi connectivity index (χ2n) is 8.74. The van der Waals surface area contributed by atoms with Crippen LogP contribution >= 0.6 is 0 Å². The van der Waals surface area contributed by atoms with E-state index in [0.29, 0.717) is 19.5 Å². The van der Waals surface area contributed by atoms with Crippen molar-refractivity contribution in [3.63, 3.8) is 0 Å². The fourth-order valence-corrected chi connectivity index (χ4v) is 3.83. The van der Waals surface area contributed by atoms with E-state index in [1.54, 1.807) is 19.1 Å². The second kappa shape index (κ2) is 12.6. The van der Waals surface area contributed by atoms with Gasteiger partial charge >= 0.3 is 0 Å². The number of hydrogen-bond donors (Lipinski definition) is 1. The average molecular weight is 475 g/mol. The summed E-state index contributed by atoms with van der Waals surface area (Å²) in [5, 5.41) is 3.04. The molecule has 0 radical (unpaired) electrons. The molecule has 0 saturated carbocycles. The Morgan fingerprint density at radius 3 is 1.83 bits per heavy atom. The van der Waals surface area contributed by atoms with Gasteiger partial charge in [-0.25, -0.2) is 0 Å². The topological polar surface area (TPSA) is 67.9 Å². The third-order valence-electron chi connectivity index (χ3n) is 5.87. The molecule has 184 valence electrons. The van der Waals surface area contributed by atoms with E-state index < -0.39 is 6.04 Å². The maximum absolute atomic E-state index is 13.6. The number of amides is 2. The third kappa shape index (κ3) is 7.34. The number of hydrogen-bond acceptors (Lipinski definition) is 4. The molecule has 3 rings (SSSR count). The fraction of sp³-hybridized carbons (Fsp3) is 0.310. The van der Waals surface area contributed by atoms with E-state index in [1.807, 2.05) is 92.7 Å². The quantitative estimate of drug-likeness (QED) is 0.441. The lowest BCUT2D eigenvalue weighted by Gasteiger charge is -2.33. The Hall–Kier alpha value is -3.80. The van der Waals surface area contributed by atoms with Crippen LogP contribution in [0, 0.1) is 5.92 Å². The molecule has 1 N–H and O–H groups in total. The molecule has 0 aliphatic heterocycles. The molecular formula is C29H34N2O4. The number of ether oxygens (including phenoxy) is 2. The summed E-state index contributed by atoms with van der Waals surface area (Å²) in [6.45, 7) is 4.41. The van der Waals surface area contributed by atoms with Gasteiger partial charge in [-0.2, -0.15) is 0 Å². The van der Waals surface area contributed by atoms with Gasteiger partial charge in [-0.05, 0) is 41.0 Å². The van der Waals surface area contributed by atoms with Crippen LogP contribution in [-0.4, -0.2) is 37.0 Å². The molecule has 0 unspecified atom stereocenters. The lowest BCUT2D eigenvalue weighted by atomic mass is 10.0. The van der Waals surface area contributed by atoms with Gasteiger partial charge in [0.05, 0.1) is 14.2 Å². The Kier molecular flexibility index (Phi) is 9.30. The van der Waals surface area contributed by atoms with Crippen molar-refractivity contribution in [1.82, 2.24) is 10.2 Å². The lowest BCUT2D eigenvalue weighted by molar-refractivity contribution is -0.143.